The first kappa shape index (κ1) is 26.4. The summed E-state index contributed by atoms with van der Waals surface area (Å²) in [5.41, 5.74) is 3.38. The summed E-state index contributed by atoms with van der Waals surface area (Å²) in [6, 6.07) is 16.6. The van der Waals surface area contributed by atoms with Crippen LogP contribution in [0.1, 0.15) is 37.7 Å². The van der Waals surface area contributed by atoms with Gasteiger partial charge in [-0.3, -0.25) is 19.5 Å². The average Bonchev–Trinajstić information content (AvgIpc) is 3.46. The first-order chi connectivity index (χ1) is 20.0. The Morgan fingerprint density at radius 1 is 1.00 bits per heavy atom. The highest BCUT2D eigenvalue weighted by Crippen LogP contribution is 2.38. The van der Waals surface area contributed by atoms with Gasteiger partial charge in [0.05, 0.1) is 12.9 Å². The lowest BCUT2D eigenvalue weighted by atomic mass is 9.87. The molecule has 1 saturated carbocycles. The number of amidine groups is 1. The van der Waals surface area contributed by atoms with Gasteiger partial charge in [0.1, 0.15) is 17.0 Å². The summed E-state index contributed by atoms with van der Waals surface area (Å²) in [6.45, 7) is 5.38. The maximum absolute atomic E-state index is 14.2. The minimum atomic E-state index is -0.702. The molecule has 2 saturated heterocycles. The van der Waals surface area contributed by atoms with Gasteiger partial charge >= 0.3 is 0 Å². The number of furan rings is 1. The first-order valence-corrected chi connectivity index (χ1v) is 15.0. The van der Waals surface area contributed by atoms with E-state index in [9.17, 15) is 9.59 Å². The van der Waals surface area contributed by atoms with E-state index in [2.05, 4.69) is 41.3 Å². The van der Waals surface area contributed by atoms with Crippen molar-refractivity contribution in [3.63, 3.8) is 0 Å². The Morgan fingerprint density at radius 2 is 1.76 bits per heavy atom. The van der Waals surface area contributed by atoms with E-state index in [1.807, 2.05) is 21.9 Å². The van der Waals surface area contributed by atoms with Gasteiger partial charge in [-0.2, -0.15) is 0 Å². The molecule has 1 spiro atoms. The van der Waals surface area contributed by atoms with Crippen molar-refractivity contribution in [2.75, 3.05) is 53.0 Å². The largest absolute Gasteiger partial charge is 0.464 e. The van der Waals surface area contributed by atoms with Crippen molar-refractivity contribution in [2.45, 2.75) is 37.6 Å². The summed E-state index contributed by atoms with van der Waals surface area (Å²) in [5.74, 6) is 1.71. The normalized spacial score (nSPS) is 22.7. The SMILES string of the molecule is COCCN1CCC2(CC1)N=C(c1ccc(-c3ccc4occc4c3)cc1)N(C[C@@H]1CCN(C(=O)C3CC3)C1)C2=O. The quantitative estimate of drug-likeness (QED) is 0.412. The second-order valence-electron chi connectivity index (χ2n) is 12.2. The van der Waals surface area contributed by atoms with Gasteiger partial charge in [-0.05, 0) is 67.3 Å². The second-order valence-corrected chi connectivity index (χ2v) is 12.2. The third-order valence-electron chi connectivity index (χ3n) is 9.41. The zero-order valence-electron chi connectivity index (χ0n) is 23.8. The number of benzene rings is 2. The zero-order valence-corrected chi connectivity index (χ0v) is 23.8. The van der Waals surface area contributed by atoms with Gasteiger partial charge in [-0.1, -0.05) is 30.3 Å². The summed E-state index contributed by atoms with van der Waals surface area (Å²) in [6.07, 6.45) is 6.13. The Kier molecular flexibility index (Phi) is 6.91. The monoisotopic (exact) mass is 554 g/mol. The summed E-state index contributed by atoms with van der Waals surface area (Å²) in [4.78, 5) is 38.5. The molecule has 4 heterocycles. The lowest BCUT2D eigenvalue weighted by Gasteiger charge is -2.36. The minimum absolute atomic E-state index is 0.125. The molecule has 0 radical (unpaired) electrons. The number of ether oxygens (including phenoxy) is 1. The number of piperidine rings is 1. The number of hydrogen-bond acceptors (Lipinski definition) is 6. The Bertz CT molecular complexity index is 1470. The molecule has 8 heteroatoms. The number of carbonyl (C=O) groups excluding carboxylic acids is 2. The minimum Gasteiger partial charge on any atom is -0.464 e. The third kappa shape index (κ3) is 5.08. The molecule has 0 N–H and O–H groups in total. The standard InChI is InChI=1S/C33H38N4O4/c1-40-19-17-35-15-12-33(13-16-35)32(39)37(22-23-10-14-36(21-23)31(38)26-6-7-26)30(34-33)25-4-2-24(3-5-25)27-8-9-29-28(20-27)11-18-41-29/h2-5,8-9,11,18,20,23,26H,6-7,10,12-17,19,21-22H2,1H3/t23-/m1/s1. The van der Waals surface area contributed by atoms with Gasteiger partial charge in [-0.15, -0.1) is 0 Å². The van der Waals surface area contributed by atoms with Crippen molar-refractivity contribution in [3.05, 3.63) is 60.4 Å². The maximum Gasteiger partial charge on any atom is 0.256 e. The van der Waals surface area contributed by atoms with Crippen LogP contribution in [-0.4, -0.2) is 90.9 Å². The number of fused-ring (bicyclic) bond motifs is 1. The van der Waals surface area contributed by atoms with Crippen LogP contribution in [0.2, 0.25) is 0 Å². The van der Waals surface area contributed by atoms with Crippen LogP contribution in [0.3, 0.4) is 0 Å². The number of rotatable bonds is 8. The highest BCUT2D eigenvalue weighted by Gasteiger charge is 2.50. The molecule has 2 amide bonds. The summed E-state index contributed by atoms with van der Waals surface area (Å²) in [7, 11) is 1.73. The highest BCUT2D eigenvalue weighted by atomic mass is 16.5. The number of hydrogen-bond donors (Lipinski definition) is 0. The molecule has 3 aromatic rings. The van der Waals surface area contributed by atoms with Gasteiger partial charge in [0.15, 0.2) is 0 Å². The van der Waals surface area contributed by atoms with Crippen LogP contribution in [0.4, 0.5) is 0 Å². The predicted octanol–water partition coefficient (Wildman–Crippen LogP) is 4.43. The van der Waals surface area contributed by atoms with Crippen LogP contribution in [-0.2, 0) is 14.3 Å². The van der Waals surface area contributed by atoms with Crippen molar-refractivity contribution in [2.24, 2.45) is 16.8 Å². The predicted molar refractivity (Wildman–Crippen MR) is 158 cm³/mol. The van der Waals surface area contributed by atoms with Crippen LogP contribution in [0, 0.1) is 11.8 Å². The van der Waals surface area contributed by atoms with Gasteiger partial charge in [0, 0.05) is 63.2 Å². The Morgan fingerprint density at radius 3 is 2.51 bits per heavy atom. The van der Waals surface area contributed by atoms with E-state index in [0.29, 0.717) is 19.1 Å². The number of amides is 2. The smallest absolute Gasteiger partial charge is 0.256 e. The lowest BCUT2D eigenvalue weighted by molar-refractivity contribution is -0.133. The van der Waals surface area contributed by atoms with Gasteiger partial charge in [0.2, 0.25) is 5.91 Å². The van der Waals surface area contributed by atoms with Crippen LogP contribution in [0.25, 0.3) is 22.1 Å². The number of carbonyl (C=O) groups is 2. The molecule has 3 aliphatic heterocycles. The van der Waals surface area contributed by atoms with E-state index in [1.165, 1.54) is 0 Å². The molecule has 1 atom stereocenters. The fourth-order valence-electron chi connectivity index (χ4n) is 6.73. The van der Waals surface area contributed by atoms with Crippen LogP contribution in [0.15, 0.2) is 64.2 Å². The van der Waals surface area contributed by atoms with Gasteiger partial charge in [-0.25, -0.2) is 0 Å². The van der Waals surface area contributed by atoms with E-state index < -0.39 is 5.54 Å². The number of methoxy groups -OCH3 is 1. The lowest BCUT2D eigenvalue weighted by Crippen LogP contribution is -2.51. The zero-order chi connectivity index (χ0) is 28.0. The van der Waals surface area contributed by atoms with Crippen molar-refractivity contribution >= 4 is 28.6 Å². The Hall–Kier alpha value is -3.49. The molecule has 7 rings (SSSR count). The fraction of sp³-hybridized carbons (Fsp3) is 0.485. The highest BCUT2D eigenvalue weighted by molar-refractivity contribution is 6.15. The first-order valence-electron chi connectivity index (χ1n) is 15.0. The number of nitrogens with zero attached hydrogens (tertiary/aromatic N) is 4. The fourth-order valence-corrected chi connectivity index (χ4v) is 6.73. The summed E-state index contributed by atoms with van der Waals surface area (Å²) in [5, 5.41) is 1.08. The van der Waals surface area contributed by atoms with Crippen LogP contribution < -0.4 is 0 Å². The molecule has 3 fully saturated rings. The van der Waals surface area contributed by atoms with Crippen LogP contribution >= 0.6 is 0 Å². The summed E-state index contributed by atoms with van der Waals surface area (Å²) >= 11 is 0. The molecule has 0 unspecified atom stereocenters. The molecule has 8 nitrogen and oxygen atoms in total. The molecule has 1 aliphatic carbocycles. The van der Waals surface area contributed by atoms with Gasteiger partial charge < -0.3 is 19.0 Å². The number of aliphatic imine (C=N–C) groups is 1. The third-order valence-corrected chi connectivity index (χ3v) is 9.41. The molecule has 214 valence electrons. The molecule has 41 heavy (non-hydrogen) atoms. The van der Waals surface area contributed by atoms with E-state index in [-0.39, 0.29) is 17.7 Å². The van der Waals surface area contributed by atoms with Gasteiger partial charge in [0.25, 0.3) is 5.91 Å². The maximum atomic E-state index is 14.2. The summed E-state index contributed by atoms with van der Waals surface area (Å²) < 4.78 is 10.8. The molecule has 1 aromatic heterocycles. The topological polar surface area (TPSA) is 78.6 Å². The molecule has 0 bridgehead atoms. The van der Waals surface area contributed by atoms with Crippen molar-refractivity contribution in [1.29, 1.82) is 0 Å². The molecule has 4 aliphatic rings. The molecular weight excluding hydrogens is 516 g/mol. The van der Waals surface area contributed by atoms with Crippen LogP contribution in [0.5, 0.6) is 0 Å². The van der Waals surface area contributed by atoms with Crippen molar-refractivity contribution < 1.29 is 18.7 Å². The van der Waals surface area contributed by atoms with E-state index >= 15 is 0 Å². The Balaban J connectivity index is 1.14. The van der Waals surface area contributed by atoms with E-state index in [4.69, 9.17) is 14.1 Å². The van der Waals surface area contributed by atoms with Crippen molar-refractivity contribution in [3.8, 4) is 11.1 Å². The van der Waals surface area contributed by atoms with E-state index in [0.717, 1.165) is 98.3 Å². The molecule has 2 aromatic carbocycles. The second kappa shape index (κ2) is 10.7. The number of likely N-dealkylation sites (tertiary alicyclic amines) is 2. The van der Waals surface area contributed by atoms with Crippen molar-refractivity contribution in [1.82, 2.24) is 14.7 Å². The molecular formula is C33H38N4O4. The Labute approximate surface area is 240 Å². The average molecular weight is 555 g/mol. The van der Waals surface area contributed by atoms with E-state index in [1.54, 1.807) is 13.4 Å².